The molecule has 0 bridgehead atoms. The summed E-state index contributed by atoms with van der Waals surface area (Å²) >= 11 is 0. The molecule has 0 aromatic heterocycles. The minimum absolute atomic E-state index is 0.0613. The van der Waals surface area contributed by atoms with Crippen LogP contribution in [0.1, 0.15) is 36.5 Å². The van der Waals surface area contributed by atoms with Crippen LogP contribution in [-0.2, 0) is 0 Å². The van der Waals surface area contributed by atoms with E-state index in [0.29, 0.717) is 12.0 Å². The smallest absolute Gasteiger partial charge is 0.174 e. The van der Waals surface area contributed by atoms with Gasteiger partial charge >= 0.3 is 0 Å². The molecule has 0 spiro atoms. The highest BCUT2D eigenvalue weighted by atomic mass is 16.5. The first-order valence-electron chi connectivity index (χ1n) is 5.41. The molecule has 16 heavy (non-hydrogen) atoms. The van der Waals surface area contributed by atoms with Crippen LogP contribution in [0.15, 0.2) is 24.3 Å². The van der Waals surface area contributed by atoms with E-state index >= 15 is 0 Å². The minimum Gasteiger partial charge on any atom is -0.497 e. The Bertz CT molecular complexity index is 393. The molecule has 1 aromatic carbocycles. The maximum absolute atomic E-state index is 11.7. The van der Waals surface area contributed by atoms with Crippen LogP contribution in [0.25, 0.3) is 0 Å². The number of methoxy groups -OCH3 is 1. The van der Waals surface area contributed by atoms with Crippen molar-refractivity contribution in [2.45, 2.75) is 26.2 Å². The van der Waals surface area contributed by atoms with Crippen LogP contribution in [0.2, 0.25) is 0 Å². The number of unbranched alkanes of at least 4 members (excludes halogenated alkanes) is 1. The predicted molar refractivity (Wildman–Crippen MR) is 64.6 cm³/mol. The lowest BCUT2D eigenvalue weighted by Crippen LogP contribution is -1.97. The van der Waals surface area contributed by atoms with E-state index in [1.165, 1.54) is 0 Å². The Morgan fingerprint density at radius 1 is 1.25 bits per heavy atom. The number of rotatable bonds is 4. The summed E-state index contributed by atoms with van der Waals surface area (Å²) in [6.07, 6.45) is 2.19. The molecule has 0 unspecified atom stereocenters. The summed E-state index contributed by atoms with van der Waals surface area (Å²) in [4.78, 5) is 11.7. The molecule has 0 saturated carbocycles. The molecule has 0 aliphatic rings. The van der Waals surface area contributed by atoms with Gasteiger partial charge in [0.15, 0.2) is 5.78 Å². The first kappa shape index (κ1) is 12.3. The highest BCUT2D eigenvalue weighted by Crippen LogP contribution is 2.12. The number of ether oxygens (including phenoxy) is 1. The number of Topliss-reactive ketones (excluding diaryl/α,β-unsaturated/α-hetero) is 1. The normalized spacial score (nSPS) is 9.12. The molecule has 1 aromatic rings. The van der Waals surface area contributed by atoms with Crippen LogP contribution in [0.5, 0.6) is 5.75 Å². The van der Waals surface area contributed by atoms with Gasteiger partial charge in [0.1, 0.15) is 5.75 Å². The molecule has 84 valence electrons. The minimum atomic E-state index is 0.0613. The number of carbonyl (C=O) groups is 1. The molecule has 0 N–H and O–H groups in total. The predicted octanol–water partition coefficient (Wildman–Crippen LogP) is 3.07. The Labute approximate surface area is 96.6 Å². The van der Waals surface area contributed by atoms with Crippen molar-refractivity contribution < 1.29 is 9.53 Å². The Balaban J connectivity index is 2.57. The van der Waals surface area contributed by atoms with E-state index in [4.69, 9.17) is 4.74 Å². The Kier molecular flexibility index (Phi) is 5.15. The Morgan fingerprint density at radius 2 is 1.94 bits per heavy atom. The second-order valence-electron chi connectivity index (χ2n) is 3.43. The lowest BCUT2D eigenvalue weighted by molar-refractivity contribution is 0.0998. The highest BCUT2D eigenvalue weighted by Gasteiger charge is 2.03. The molecule has 0 saturated heterocycles. The average molecular weight is 216 g/mol. The maximum Gasteiger partial charge on any atom is 0.174 e. The van der Waals surface area contributed by atoms with Crippen molar-refractivity contribution in [1.82, 2.24) is 0 Å². The van der Waals surface area contributed by atoms with E-state index in [9.17, 15) is 4.79 Å². The third-order valence-corrected chi connectivity index (χ3v) is 2.16. The summed E-state index contributed by atoms with van der Waals surface area (Å²) in [6, 6.07) is 7.10. The van der Waals surface area contributed by atoms with E-state index in [1.807, 2.05) is 0 Å². The van der Waals surface area contributed by atoms with Gasteiger partial charge in [0.2, 0.25) is 0 Å². The highest BCUT2D eigenvalue weighted by molar-refractivity contribution is 5.97. The zero-order valence-electron chi connectivity index (χ0n) is 9.75. The van der Waals surface area contributed by atoms with Crippen LogP contribution in [-0.4, -0.2) is 12.9 Å². The fraction of sp³-hybridized carbons (Fsp3) is 0.357. The van der Waals surface area contributed by atoms with Crippen LogP contribution in [0, 0.1) is 11.8 Å². The van der Waals surface area contributed by atoms with Gasteiger partial charge in [0.25, 0.3) is 0 Å². The van der Waals surface area contributed by atoms with E-state index < -0.39 is 0 Å². The number of benzene rings is 1. The standard InChI is InChI=1S/C14H16O2/c1-3-4-5-6-7-14(15)12-8-10-13(16-2)11-9-12/h8-11H,3-4,7H2,1-2H3. The first-order valence-corrected chi connectivity index (χ1v) is 5.41. The molecular weight excluding hydrogens is 200 g/mol. The molecule has 0 heterocycles. The molecule has 0 fully saturated rings. The summed E-state index contributed by atoms with van der Waals surface area (Å²) in [5.74, 6) is 6.66. The van der Waals surface area contributed by atoms with Crippen molar-refractivity contribution in [2.75, 3.05) is 7.11 Å². The topological polar surface area (TPSA) is 26.3 Å². The van der Waals surface area contributed by atoms with Gasteiger partial charge in [-0.25, -0.2) is 0 Å². The molecule has 2 nitrogen and oxygen atoms in total. The van der Waals surface area contributed by atoms with E-state index in [-0.39, 0.29) is 5.78 Å². The van der Waals surface area contributed by atoms with Gasteiger partial charge < -0.3 is 4.74 Å². The third kappa shape index (κ3) is 3.78. The van der Waals surface area contributed by atoms with Crippen LogP contribution in [0.3, 0.4) is 0 Å². The summed E-state index contributed by atoms with van der Waals surface area (Å²) < 4.78 is 5.02. The van der Waals surface area contributed by atoms with Crippen molar-refractivity contribution in [1.29, 1.82) is 0 Å². The van der Waals surface area contributed by atoms with E-state index in [0.717, 1.165) is 18.6 Å². The zero-order chi connectivity index (χ0) is 11.8. The molecule has 0 aliphatic heterocycles. The maximum atomic E-state index is 11.7. The monoisotopic (exact) mass is 216 g/mol. The van der Waals surface area contributed by atoms with E-state index in [1.54, 1.807) is 31.4 Å². The van der Waals surface area contributed by atoms with Gasteiger partial charge in [-0.15, -0.1) is 5.92 Å². The largest absolute Gasteiger partial charge is 0.497 e. The Hall–Kier alpha value is -1.75. The quantitative estimate of drug-likeness (QED) is 0.571. The van der Waals surface area contributed by atoms with Gasteiger partial charge in [-0.05, 0) is 30.7 Å². The lowest BCUT2D eigenvalue weighted by atomic mass is 10.1. The van der Waals surface area contributed by atoms with Crippen molar-refractivity contribution in [3.05, 3.63) is 29.8 Å². The second-order valence-corrected chi connectivity index (χ2v) is 3.43. The number of carbonyl (C=O) groups excluding carboxylic acids is 1. The molecule has 1 rings (SSSR count). The summed E-state index contributed by atoms with van der Waals surface area (Å²) in [7, 11) is 1.60. The average Bonchev–Trinajstić information content (AvgIpc) is 2.34. The number of ketones is 1. The zero-order valence-corrected chi connectivity index (χ0v) is 9.75. The van der Waals surface area contributed by atoms with Gasteiger partial charge in [0, 0.05) is 12.0 Å². The van der Waals surface area contributed by atoms with Gasteiger partial charge in [0.05, 0.1) is 13.5 Å². The molecular formula is C14H16O2. The first-order chi connectivity index (χ1) is 7.77. The van der Waals surface area contributed by atoms with Crippen molar-refractivity contribution in [3.8, 4) is 17.6 Å². The number of hydrogen-bond acceptors (Lipinski definition) is 2. The Morgan fingerprint density at radius 3 is 2.50 bits per heavy atom. The molecule has 0 amide bonds. The SMILES string of the molecule is CCCC#CCC(=O)c1ccc(OC)cc1. The molecule has 0 aliphatic carbocycles. The fourth-order valence-corrected chi connectivity index (χ4v) is 1.24. The van der Waals surface area contributed by atoms with Crippen LogP contribution in [0.4, 0.5) is 0 Å². The summed E-state index contributed by atoms with van der Waals surface area (Å²) in [6.45, 7) is 2.07. The second kappa shape index (κ2) is 6.68. The summed E-state index contributed by atoms with van der Waals surface area (Å²) in [5, 5.41) is 0. The number of hydrogen-bond donors (Lipinski definition) is 0. The van der Waals surface area contributed by atoms with Crippen molar-refractivity contribution in [2.24, 2.45) is 0 Å². The van der Waals surface area contributed by atoms with Crippen LogP contribution < -0.4 is 4.74 Å². The fourth-order valence-electron chi connectivity index (χ4n) is 1.24. The molecule has 2 heteroatoms. The van der Waals surface area contributed by atoms with E-state index in [2.05, 4.69) is 18.8 Å². The van der Waals surface area contributed by atoms with Crippen molar-refractivity contribution in [3.63, 3.8) is 0 Å². The van der Waals surface area contributed by atoms with Gasteiger partial charge in [-0.3, -0.25) is 4.79 Å². The lowest BCUT2D eigenvalue weighted by Gasteiger charge is -2.00. The van der Waals surface area contributed by atoms with Gasteiger partial charge in [-0.2, -0.15) is 0 Å². The molecule has 0 atom stereocenters. The van der Waals surface area contributed by atoms with Crippen LogP contribution >= 0.6 is 0 Å². The van der Waals surface area contributed by atoms with Gasteiger partial charge in [-0.1, -0.05) is 12.8 Å². The summed E-state index contributed by atoms with van der Waals surface area (Å²) in [5.41, 5.74) is 0.687. The molecule has 0 radical (unpaired) electrons. The van der Waals surface area contributed by atoms with Crippen molar-refractivity contribution >= 4 is 5.78 Å². The third-order valence-electron chi connectivity index (χ3n) is 2.16.